The first-order chi connectivity index (χ1) is 17.0. The fraction of sp³-hybridized carbons (Fsp3) is 0.107. The van der Waals surface area contributed by atoms with E-state index in [-0.39, 0.29) is 0 Å². The molecule has 0 aliphatic heterocycles. The number of rotatable bonds is 9. The van der Waals surface area contributed by atoms with Crippen molar-refractivity contribution in [2.24, 2.45) is 4.99 Å². The average Bonchev–Trinajstić information content (AvgIpc) is 2.85. The Kier molecular flexibility index (Phi) is 8.90. The molecule has 0 saturated carbocycles. The van der Waals surface area contributed by atoms with Gasteiger partial charge in [-0.2, -0.15) is 0 Å². The topological polar surface area (TPSA) is 40.0 Å². The van der Waals surface area contributed by atoms with E-state index in [9.17, 15) is 0 Å². The molecule has 0 atom stereocenters. The molecule has 178 valence electrons. The molecule has 4 aromatic rings. The highest BCUT2D eigenvalue weighted by atomic mass is 127. The second-order valence-electron chi connectivity index (χ2n) is 7.45. The van der Waals surface area contributed by atoms with Crippen molar-refractivity contribution in [1.29, 1.82) is 0 Å². The van der Waals surface area contributed by atoms with Crippen molar-refractivity contribution in [3.63, 3.8) is 0 Å². The zero-order chi connectivity index (χ0) is 24.6. The van der Waals surface area contributed by atoms with Gasteiger partial charge in [-0.05, 0) is 95.7 Å². The zero-order valence-corrected chi connectivity index (χ0v) is 22.5. The van der Waals surface area contributed by atoms with Gasteiger partial charge in [-0.1, -0.05) is 47.5 Å². The number of hydrogen-bond donors (Lipinski definition) is 0. The summed E-state index contributed by atoms with van der Waals surface area (Å²) in [6.45, 7) is 2.75. The number of aliphatic imine (C=N–C) groups is 1. The van der Waals surface area contributed by atoms with Crippen molar-refractivity contribution < 1.29 is 14.2 Å². The van der Waals surface area contributed by atoms with Gasteiger partial charge in [-0.25, -0.2) is 0 Å². The number of nitrogens with zero attached hydrogens (tertiary/aromatic N) is 1. The van der Waals surface area contributed by atoms with Gasteiger partial charge in [-0.15, -0.1) is 0 Å². The lowest BCUT2D eigenvalue weighted by Gasteiger charge is -2.15. The minimum atomic E-state index is 0.302. The number of halogens is 3. The van der Waals surface area contributed by atoms with E-state index < -0.39 is 0 Å². The van der Waals surface area contributed by atoms with Crippen LogP contribution in [0.3, 0.4) is 0 Å². The largest absolute Gasteiger partial charge is 0.490 e. The van der Waals surface area contributed by atoms with E-state index in [2.05, 4.69) is 27.6 Å². The van der Waals surface area contributed by atoms with Crippen molar-refractivity contribution >= 4 is 57.7 Å². The maximum absolute atomic E-state index is 6.29. The van der Waals surface area contributed by atoms with E-state index in [1.54, 1.807) is 18.3 Å². The molecule has 0 aliphatic carbocycles. The third-order valence-electron chi connectivity index (χ3n) is 4.90. The van der Waals surface area contributed by atoms with Crippen LogP contribution in [0.1, 0.15) is 18.1 Å². The summed E-state index contributed by atoms with van der Waals surface area (Å²) in [6.07, 6.45) is 1.80. The van der Waals surface area contributed by atoms with Gasteiger partial charge in [-0.3, -0.25) is 4.99 Å². The molecular formula is C28H22Cl2INO3. The molecule has 4 nitrogen and oxygen atoms in total. The monoisotopic (exact) mass is 617 g/mol. The summed E-state index contributed by atoms with van der Waals surface area (Å²) < 4.78 is 18.7. The molecule has 35 heavy (non-hydrogen) atoms. The third-order valence-corrected chi connectivity index (χ3v) is 6.29. The second kappa shape index (κ2) is 12.3. The molecule has 0 aliphatic rings. The Bertz CT molecular complexity index is 1310. The SMILES string of the molecule is CCOc1cc(C=Nc2ccc(Oc3ccccc3)cc2)cc(I)c1OCc1ccc(Cl)cc1Cl. The Labute approximate surface area is 228 Å². The summed E-state index contributed by atoms with van der Waals surface area (Å²) in [7, 11) is 0. The third kappa shape index (κ3) is 7.13. The van der Waals surface area contributed by atoms with Crippen LogP contribution in [0.5, 0.6) is 23.0 Å². The summed E-state index contributed by atoms with van der Waals surface area (Å²) in [6, 6.07) is 26.6. The van der Waals surface area contributed by atoms with Crippen molar-refractivity contribution in [3.05, 3.63) is 110 Å². The van der Waals surface area contributed by atoms with Gasteiger partial charge in [0.15, 0.2) is 11.5 Å². The minimum Gasteiger partial charge on any atom is -0.490 e. The predicted octanol–water partition coefficient (Wildman–Crippen LogP) is 9.12. The molecule has 7 heteroatoms. The Morgan fingerprint density at radius 1 is 0.857 bits per heavy atom. The molecule has 0 saturated heterocycles. The van der Waals surface area contributed by atoms with Gasteiger partial charge >= 0.3 is 0 Å². The molecule has 0 bridgehead atoms. The standard InChI is InChI=1S/C28H22Cl2INO3/c1-2-33-27-15-19(14-26(31)28(27)34-18-20-8-9-21(29)16-25(20)30)17-32-22-10-12-24(13-11-22)35-23-6-4-3-5-7-23/h3-17H,2,18H2,1H3. The predicted molar refractivity (Wildman–Crippen MR) is 151 cm³/mol. The molecule has 0 amide bonds. The van der Waals surface area contributed by atoms with Gasteiger partial charge in [0.1, 0.15) is 18.1 Å². The van der Waals surface area contributed by atoms with E-state index >= 15 is 0 Å². The maximum Gasteiger partial charge on any atom is 0.175 e. The molecule has 0 unspecified atom stereocenters. The molecule has 0 heterocycles. The second-order valence-corrected chi connectivity index (χ2v) is 9.46. The minimum absolute atomic E-state index is 0.302. The summed E-state index contributed by atoms with van der Waals surface area (Å²) in [5.41, 5.74) is 2.56. The van der Waals surface area contributed by atoms with Gasteiger partial charge in [0.05, 0.1) is 15.9 Å². The van der Waals surface area contributed by atoms with E-state index in [0.29, 0.717) is 34.8 Å². The lowest BCUT2D eigenvalue weighted by atomic mass is 10.2. The van der Waals surface area contributed by atoms with Crippen LogP contribution in [-0.4, -0.2) is 12.8 Å². The molecule has 0 spiro atoms. The average molecular weight is 618 g/mol. The van der Waals surface area contributed by atoms with Crippen molar-refractivity contribution in [2.75, 3.05) is 6.61 Å². The van der Waals surface area contributed by atoms with Gasteiger partial charge in [0.25, 0.3) is 0 Å². The fourth-order valence-corrected chi connectivity index (χ4v) is 4.47. The summed E-state index contributed by atoms with van der Waals surface area (Å²) in [5, 5.41) is 1.15. The van der Waals surface area contributed by atoms with Crippen LogP contribution < -0.4 is 14.2 Å². The van der Waals surface area contributed by atoms with Crippen LogP contribution in [0.25, 0.3) is 0 Å². The van der Waals surface area contributed by atoms with Crippen molar-refractivity contribution in [2.45, 2.75) is 13.5 Å². The quantitative estimate of drug-likeness (QED) is 0.139. The Morgan fingerprint density at radius 2 is 1.60 bits per heavy atom. The number of benzene rings is 4. The van der Waals surface area contributed by atoms with Gasteiger partial charge in [0, 0.05) is 21.8 Å². The highest BCUT2D eigenvalue weighted by Crippen LogP contribution is 2.35. The first-order valence-corrected chi connectivity index (χ1v) is 12.8. The number of hydrogen-bond acceptors (Lipinski definition) is 4. The van der Waals surface area contributed by atoms with E-state index in [4.69, 9.17) is 37.4 Å². The van der Waals surface area contributed by atoms with E-state index in [1.165, 1.54) is 0 Å². The number of para-hydroxylation sites is 1. The summed E-state index contributed by atoms with van der Waals surface area (Å²) in [4.78, 5) is 4.60. The first-order valence-electron chi connectivity index (χ1n) is 10.9. The van der Waals surface area contributed by atoms with Crippen LogP contribution in [0.4, 0.5) is 5.69 Å². The zero-order valence-electron chi connectivity index (χ0n) is 18.9. The Hall–Kier alpha value is -2.74. The smallest absolute Gasteiger partial charge is 0.175 e. The molecular weight excluding hydrogens is 596 g/mol. The molecule has 0 radical (unpaired) electrons. The van der Waals surface area contributed by atoms with Crippen LogP contribution in [0.15, 0.2) is 89.9 Å². The van der Waals surface area contributed by atoms with Crippen LogP contribution in [-0.2, 0) is 6.61 Å². The van der Waals surface area contributed by atoms with Crippen LogP contribution in [0.2, 0.25) is 10.0 Å². The Balaban J connectivity index is 1.47. The van der Waals surface area contributed by atoms with Gasteiger partial charge < -0.3 is 14.2 Å². The molecule has 0 N–H and O–H groups in total. The normalized spacial score (nSPS) is 11.0. The molecule has 4 rings (SSSR count). The lowest BCUT2D eigenvalue weighted by molar-refractivity contribution is 0.267. The molecule has 0 fully saturated rings. The molecule has 0 aromatic heterocycles. The Morgan fingerprint density at radius 3 is 2.31 bits per heavy atom. The summed E-state index contributed by atoms with van der Waals surface area (Å²) in [5.74, 6) is 2.86. The highest BCUT2D eigenvalue weighted by molar-refractivity contribution is 14.1. The summed E-state index contributed by atoms with van der Waals surface area (Å²) >= 11 is 14.5. The van der Waals surface area contributed by atoms with Crippen LogP contribution >= 0.6 is 45.8 Å². The van der Waals surface area contributed by atoms with E-state index in [0.717, 1.165) is 31.9 Å². The molecule has 4 aromatic carbocycles. The highest BCUT2D eigenvalue weighted by Gasteiger charge is 2.13. The van der Waals surface area contributed by atoms with Crippen molar-refractivity contribution in [3.8, 4) is 23.0 Å². The number of ether oxygens (including phenoxy) is 3. The van der Waals surface area contributed by atoms with E-state index in [1.807, 2.05) is 79.7 Å². The fourth-order valence-electron chi connectivity index (χ4n) is 3.23. The maximum atomic E-state index is 6.29. The van der Waals surface area contributed by atoms with Gasteiger partial charge in [0.2, 0.25) is 0 Å². The first kappa shape index (κ1) is 25.4. The lowest BCUT2D eigenvalue weighted by Crippen LogP contribution is -2.03. The van der Waals surface area contributed by atoms with Crippen molar-refractivity contribution in [1.82, 2.24) is 0 Å². The van der Waals surface area contributed by atoms with Crippen LogP contribution in [0, 0.1) is 3.57 Å².